The molecule has 0 amide bonds. The lowest BCUT2D eigenvalue weighted by atomic mass is 10.0. The first kappa shape index (κ1) is 16.7. The Morgan fingerprint density at radius 3 is 2.05 bits per heavy atom. The van der Waals surface area contributed by atoms with Crippen molar-refractivity contribution < 1.29 is 28.6 Å². The van der Waals surface area contributed by atoms with Crippen LogP contribution >= 0.6 is 0 Å². The maximum absolute atomic E-state index is 12.2. The number of methoxy groups -OCH3 is 2. The van der Waals surface area contributed by atoms with E-state index in [2.05, 4.69) is 4.74 Å². The van der Waals surface area contributed by atoms with Gasteiger partial charge >= 0.3 is 5.97 Å². The lowest BCUT2D eigenvalue weighted by Crippen LogP contribution is -2.15. The summed E-state index contributed by atoms with van der Waals surface area (Å²) in [6, 6.07) is 4.88. The molecule has 0 spiro atoms. The molecule has 0 aliphatic heterocycles. The molecule has 0 aliphatic carbocycles. The van der Waals surface area contributed by atoms with E-state index in [0.717, 1.165) is 0 Å². The number of carbonyl (C=O) groups is 3. The summed E-state index contributed by atoms with van der Waals surface area (Å²) in [6.07, 6.45) is -0.827. The van der Waals surface area contributed by atoms with Gasteiger partial charge in [0.05, 0.1) is 27.2 Å². The Morgan fingerprint density at radius 2 is 1.57 bits per heavy atom. The average Bonchev–Trinajstić information content (AvgIpc) is 2.45. The van der Waals surface area contributed by atoms with Crippen LogP contribution in [0.4, 0.5) is 0 Å². The molecule has 0 fully saturated rings. The van der Waals surface area contributed by atoms with Crippen molar-refractivity contribution in [2.45, 2.75) is 19.8 Å². The van der Waals surface area contributed by atoms with Gasteiger partial charge in [0, 0.05) is 0 Å². The second-order valence-electron chi connectivity index (χ2n) is 4.16. The molecule has 0 N–H and O–H groups in total. The molecule has 0 heterocycles. The summed E-state index contributed by atoms with van der Waals surface area (Å²) in [7, 11) is 2.85. The number of hydrogen-bond acceptors (Lipinski definition) is 6. The van der Waals surface area contributed by atoms with Gasteiger partial charge in [-0.15, -0.1) is 0 Å². The predicted molar refractivity (Wildman–Crippen MR) is 74.8 cm³/mol. The van der Waals surface area contributed by atoms with Crippen LogP contribution < -0.4 is 9.47 Å². The maximum Gasteiger partial charge on any atom is 0.313 e. The minimum absolute atomic E-state index is 0.194. The molecule has 0 saturated heterocycles. The minimum atomic E-state index is -0.637. The molecule has 0 unspecified atom stereocenters. The summed E-state index contributed by atoms with van der Waals surface area (Å²) in [5.74, 6) is -0.959. The molecule has 1 aromatic rings. The van der Waals surface area contributed by atoms with Crippen molar-refractivity contribution in [3.8, 4) is 11.5 Å². The SMILES string of the molecule is CCOC(=O)CC(=O)CC(=O)c1c(OC)cccc1OC. The number of esters is 1. The number of hydrogen-bond donors (Lipinski definition) is 0. The van der Waals surface area contributed by atoms with Gasteiger partial charge in [0.25, 0.3) is 0 Å². The van der Waals surface area contributed by atoms with Crippen molar-refractivity contribution in [1.82, 2.24) is 0 Å². The summed E-state index contributed by atoms with van der Waals surface area (Å²) in [4.78, 5) is 35.1. The largest absolute Gasteiger partial charge is 0.496 e. The van der Waals surface area contributed by atoms with Crippen LogP contribution in [0.2, 0.25) is 0 Å². The first-order valence-corrected chi connectivity index (χ1v) is 6.45. The van der Waals surface area contributed by atoms with Gasteiger partial charge < -0.3 is 14.2 Å². The van der Waals surface area contributed by atoms with Crippen LogP contribution in [0.3, 0.4) is 0 Å². The Balaban J connectivity index is 2.84. The normalized spacial score (nSPS) is 9.86. The van der Waals surface area contributed by atoms with E-state index in [0.29, 0.717) is 11.5 Å². The van der Waals surface area contributed by atoms with Gasteiger partial charge in [-0.05, 0) is 19.1 Å². The van der Waals surface area contributed by atoms with Crippen molar-refractivity contribution in [2.75, 3.05) is 20.8 Å². The maximum atomic E-state index is 12.2. The second kappa shape index (κ2) is 8.04. The van der Waals surface area contributed by atoms with E-state index in [1.54, 1.807) is 25.1 Å². The third-order valence-electron chi connectivity index (χ3n) is 2.71. The summed E-state index contributed by atoms with van der Waals surface area (Å²) in [5, 5.41) is 0. The van der Waals surface area contributed by atoms with E-state index < -0.39 is 30.4 Å². The summed E-state index contributed by atoms with van der Waals surface area (Å²) >= 11 is 0. The van der Waals surface area contributed by atoms with Gasteiger partial charge in [-0.3, -0.25) is 14.4 Å². The van der Waals surface area contributed by atoms with E-state index in [1.807, 2.05) is 0 Å². The van der Waals surface area contributed by atoms with Crippen LogP contribution in [0, 0.1) is 0 Å². The quantitative estimate of drug-likeness (QED) is 0.413. The van der Waals surface area contributed by atoms with Crippen LogP contribution in [0.5, 0.6) is 11.5 Å². The number of carbonyl (C=O) groups excluding carboxylic acids is 3. The molecule has 0 atom stereocenters. The number of ether oxygens (including phenoxy) is 3. The highest BCUT2D eigenvalue weighted by atomic mass is 16.5. The third-order valence-corrected chi connectivity index (χ3v) is 2.71. The zero-order valence-electron chi connectivity index (χ0n) is 12.3. The van der Waals surface area contributed by atoms with Gasteiger partial charge in [0.15, 0.2) is 11.6 Å². The number of benzene rings is 1. The van der Waals surface area contributed by atoms with E-state index in [-0.39, 0.29) is 12.2 Å². The van der Waals surface area contributed by atoms with Gasteiger partial charge in [0.1, 0.15) is 23.5 Å². The molecule has 0 saturated carbocycles. The Morgan fingerprint density at radius 1 is 1.00 bits per heavy atom. The van der Waals surface area contributed by atoms with Crippen molar-refractivity contribution in [3.63, 3.8) is 0 Å². The van der Waals surface area contributed by atoms with E-state index in [9.17, 15) is 14.4 Å². The molecular formula is C15H18O6. The Labute approximate surface area is 123 Å². The molecule has 114 valence electrons. The first-order valence-electron chi connectivity index (χ1n) is 6.45. The lowest BCUT2D eigenvalue weighted by molar-refractivity contribution is -0.145. The zero-order valence-corrected chi connectivity index (χ0v) is 12.3. The first-order chi connectivity index (χ1) is 10.0. The van der Waals surface area contributed by atoms with Crippen LogP contribution in [0.1, 0.15) is 30.1 Å². The Bertz CT molecular complexity index is 513. The zero-order chi connectivity index (χ0) is 15.8. The third kappa shape index (κ3) is 4.59. The highest BCUT2D eigenvalue weighted by Gasteiger charge is 2.22. The number of ketones is 2. The fourth-order valence-electron chi connectivity index (χ4n) is 1.83. The molecular weight excluding hydrogens is 276 g/mol. The fourth-order valence-corrected chi connectivity index (χ4v) is 1.83. The molecule has 0 bridgehead atoms. The molecule has 0 aliphatic rings. The molecule has 6 heteroatoms. The monoisotopic (exact) mass is 294 g/mol. The fraction of sp³-hybridized carbons (Fsp3) is 0.400. The van der Waals surface area contributed by atoms with Crippen LogP contribution in [0.25, 0.3) is 0 Å². The Hall–Kier alpha value is -2.37. The molecule has 1 aromatic carbocycles. The highest BCUT2D eigenvalue weighted by molar-refractivity contribution is 6.13. The molecule has 21 heavy (non-hydrogen) atoms. The topological polar surface area (TPSA) is 78.9 Å². The van der Waals surface area contributed by atoms with Crippen LogP contribution in [-0.2, 0) is 14.3 Å². The van der Waals surface area contributed by atoms with Crippen LogP contribution in [0.15, 0.2) is 18.2 Å². The minimum Gasteiger partial charge on any atom is -0.496 e. The smallest absolute Gasteiger partial charge is 0.313 e. The predicted octanol–water partition coefficient (Wildman–Crippen LogP) is 1.80. The highest BCUT2D eigenvalue weighted by Crippen LogP contribution is 2.29. The van der Waals surface area contributed by atoms with Gasteiger partial charge in [0.2, 0.25) is 0 Å². The number of rotatable bonds is 8. The van der Waals surface area contributed by atoms with Crippen molar-refractivity contribution in [1.29, 1.82) is 0 Å². The van der Waals surface area contributed by atoms with Gasteiger partial charge in [-0.2, -0.15) is 0 Å². The molecule has 0 aromatic heterocycles. The van der Waals surface area contributed by atoms with Gasteiger partial charge in [-0.1, -0.05) is 6.07 Å². The van der Waals surface area contributed by atoms with E-state index in [4.69, 9.17) is 9.47 Å². The average molecular weight is 294 g/mol. The van der Waals surface area contributed by atoms with E-state index in [1.165, 1.54) is 14.2 Å². The van der Waals surface area contributed by atoms with Crippen molar-refractivity contribution in [2.24, 2.45) is 0 Å². The van der Waals surface area contributed by atoms with Crippen molar-refractivity contribution in [3.05, 3.63) is 23.8 Å². The summed E-state index contributed by atoms with van der Waals surface area (Å²) in [5.41, 5.74) is 0.194. The number of Topliss-reactive ketones (excluding diaryl/α,β-unsaturated/α-hetero) is 2. The van der Waals surface area contributed by atoms with Crippen molar-refractivity contribution >= 4 is 17.5 Å². The lowest BCUT2D eigenvalue weighted by Gasteiger charge is -2.11. The molecule has 1 rings (SSSR count). The molecule has 0 radical (unpaired) electrons. The Kier molecular flexibility index (Phi) is 6.39. The van der Waals surface area contributed by atoms with Gasteiger partial charge in [-0.25, -0.2) is 0 Å². The summed E-state index contributed by atoms with van der Waals surface area (Å²) in [6.45, 7) is 1.84. The van der Waals surface area contributed by atoms with Crippen LogP contribution in [-0.4, -0.2) is 38.4 Å². The standard InChI is InChI=1S/C15H18O6/c1-4-21-14(18)9-10(16)8-11(17)15-12(19-2)6-5-7-13(15)20-3/h5-7H,4,8-9H2,1-3H3. The summed E-state index contributed by atoms with van der Waals surface area (Å²) < 4.78 is 14.9. The van der Waals surface area contributed by atoms with E-state index >= 15 is 0 Å². The second-order valence-corrected chi connectivity index (χ2v) is 4.16. The molecule has 6 nitrogen and oxygen atoms in total.